The Kier molecular flexibility index (Phi) is 6.37. The number of carbonyl (C=O) groups is 1. The number of nitriles is 1. The molecule has 9 heteroatoms. The third-order valence-corrected chi connectivity index (χ3v) is 8.29. The molecule has 1 unspecified atom stereocenters. The van der Waals surface area contributed by atoms with Gasteiger partial charge in [-0.25, -0.2) is 0 Å². The second-order valence-corrected chi connectivity index (χ2v) is 10.7. The average molecular weight is 505 g/mol. The first-order valence-electron chi connectivity index (χ1n) is 9.86. The molecular weight excluding hydrogens is 484 g/mol. The van der Waals surface area contributed by atoms with Gasteiger partial charge in [-0.3, -0.25) is 4.79 Å². The molecule has 30 heavy (non-hydrogen) atoms. The van der Waals surface area contributed by atoms with E-state index in [0.29, 0.717) is 40.5 Å². The normalized spacial score (nSPS) is 15.8. The minimum absolute atomic E-state index is 0.149. The van der Waals surface area contributed by atoms with Crippen molar-refractivity contribution in [3.05, 3.63) is 37.8 Å². The van der Waals surface area contributed by atoms with E-state index in [9.17, 15) is 10.1 Å². The number of fused-ring (bicyclic) bond motifs is 1. The first kappa shape index (κ1) is 21.2. The van der Waals surface area contributed by atoms with Crippen LogP contribution in [0.3, 0.4) is 0 Å². The van der Waals surface area contributed by atoms with E-state index in [0.717, 1.165) is 34.2 Å². The summed E-state index contributed by atoms with van der Waals surface area (Å²) in [6.45, 7) is 4.49. The van der Waals surface area contributed by atoms with Crippen molar-refractivity contribution in [1.82, 2.24) is 10.1 Å². The van der Waals surface area contributed by atoms with Gasteiger partial charge in [-0.05, 0) is 58.7 Å². The van der Waals surface area contributed by atoms with Crippen molar-refractivity contribution in [1.29, 1.82) is 5.26 Å². The van der Waals surface area contributed by atoms with Crippen LogP contribution >= 0.6 is 38.6 Å². The number of aromatic nitrogens is 2. The highest BCUT2D eigenvalue weighted by Crippen LogP contribution is 2.41. The number of hydrogen-bond acceptors (Lipinski definition) is 7. The summed E-state index contributed by atoms with van der Waals surface area (Å²) in [4.78, 5) is 19.0. The lowest BCUT2D eigenvalue weighted by molar-refractivity contribution is -0.116. The van der Waals surface area contributed by atoms with Crippen molar-refractivity contribution in [3.8, 4) is 16.8 Å². The molecule has 0 fully saturated rings. The lowest BCUT2D eigenvalue weighted by Crippen LogP contribution is -2.18. The Labute approximate surface area is 191 Å². The summed E-state index contributed by atoms with van der Waals surface area (Å²) in [6.07, 6.45) is 3.58. The molecule has 0 bridgehead atoms. The lowest BCUT2D eigenvalue weighted by atomic mass is 9.81. The highest BCUT2D eigenvalue weighted by atomic mass is 79.9. The molecule has 0 radical (unpaired) electrons. The van der Waals surface area contributed by atoms with Crippen LogP contribution in [0.15, 0.2) is 20.4 Å². The van der Waals surface area contributed by atoms with Gasteiger partial charge in [0.25, 0.3) is 0 Å². The molecule has 1 N–H and O–H groups in total. The second kappa shape index (κ2) is 9.00. The van der Waals surface area contributed by atoms with E-state index >= 15 is 0 Å². The quantitative estimate of drug-likeness (QED) is 0.456. The van der Waals surface area contributed by atoms with Gasteiger partial charge in [-0.2, -0.15) is 10.2 Å². The number of halogens is 1. The van der Waals surface area contributed by atoms with Crippen molar-refractivity contribution in [2.75, 3.05) is 5.32 Å². The number of rotatable bonds is 6. The van der Waals surface area contributed by atoms with Gasteiger partial charge >= 0.3 is 0 Å². The van der Waals surface area contributed by atoms with Gasteiger partial charge in [0.05, 0.1) is 10.4 Å². The predicted octanol–water partition coefficient (Wildman–Crippen LogP) is 5.83. The molecule has 156 valence electrons. The van der Waals surface area contributed by atoms with Crippen LogP contribution in [0.2, 0.25) is 0 Å². The van der Waals surface area contributed by atoms with Gasteiger partial charge in [-0.1, -0.05) is 19.0 Å². The Bertz CT molecular complexity index is 1110. The van der Waals surface area contributed by atoms with Crippen LogP contribution in [0.25, 0.3) is 10.7 Å². The van der Waals surface area contributed by atoms with E-state index in [4.69, 9.17) is 4.52 Å². The molecule has 3 aromatic rings. The van der Waals surface area contributed by atoms with Gasteiger partial charge < -0.3 is 9.84 Å². The third kappa shape index (κ3) is 4.51. The topological polar surface area (TPSA) is 91.8 Å². The highest BCUT2D eigenvalue weighted by molar-refractivity contribution is 9.10. The van der Waals surface area contributed by atoms with E-state index in [1.165, 1.54) is 16.2 Å². The average Bonchev–Trinajstić information content (AvgIpc) is 3.43. The summed E-state index contributed by atoms with van der Waals surface area (Å²) in [7, 11) is 0. The van der Waals surface area contributed by atoms with E-state index < -0.39 is 0 Å². The molecule has 1 atom stereocenters. The van der Waals surface area contributed by atoms with E-state index in [2.05, 4.69) is 51.3 Å². The van der Waals surface area contributed by atoms with Gasteiger partial charge in [0.2, 0.25) is 17.6 Å². The van der Waals surface area contributed by atoms with E-state index in [1.807, 2.05) is 11.4 Å². The van der Waals surface area contributed by atoms with Gasteiger partial charge in [-0.15, -0.1) is 22.7 Å². The summed E-state index contributed by atoms with van der Waals surface area (Å²) in [5, 5.41) is 19.2. The monoisotopic (exact) mass is 504 g/mol. The molecule has 1 amide bonds. The first-order chi connectivity index (χ1) is 14.4. The van der Waals surface area contributed by atoms with Gasteiger partial charge in [0.15, 0.2) is 0 Å². The molecule has 3 aromatic heterocycles. The number of hydrogen-bond donors (Lipinski definition) is 1. The van der Waals surface area contributed by atoms with Crippen molar-refractivity contribution >= 4 is 49.5 Å². The maximum absolute atomic E-state index is 12.5. The smallest absolute Gasteiger partial charge is 0.227 e. The molecule has 4 rings (SSSR count). The molecule has 0 saturated heterocycles. The first-order valence-corrected chi connectivity index (χ1v) is 12.3. The Hall–Kier alpha value is -2.02. The number of nitrogens with one attached hydrogen (secondary N) is 1. The van der Waals surface area contributed by atoms with Crippen molar-refractivity contribution in [2.45, 2.75) is 46.0 Å². The van der Waals surface area contributed by atoms with Crippen LogP contribution < -0.4 is 5.32 Å². The van der Waals surface area contributed by atoms with Crippen LogP contribution in [0.1, 0.15) is 48.6 Å². The molecule has 0 aliphatic heterocycles. The van der Waals surface area contributed by atoms with Crippen LogP contribution in [-0.2, 0) is 24.1 Å². The maximum Gasteiger partial charge on any atom is 0.227 e. The highest BCUT2D eigenvalue weighted by Gasteiger charge is 2.27. The number of thiophene rings is 2. The number of anilines is 1. The Morgan fingerprint density at radius 1 is 1.50 bits per heavy atom. The molecule has 0 saturated carbocycles. The number of amides is 1. The predicted molar refractivity (Wildman–Crippen MR) is 122 cm³/mol. The van der Waals surface area contributed by atoms with E-state index in [1.54, 1.807) is 11.3 Å². The van der Waals surface area contributed by atoms with Crippen molar-refractivity contribution in [3.63, 3.8) is 0 Å². The molecular formula is C21H21BrN4O2S2. The number of carbonyl (C=O) groups excluding carboxylic acids is 1. The second-order valence-electron chi connectivity index (χ2n) is 7.76. The SMILES string of the molecule is CC(C)C1CCc2c(sc(NC(=O)CCc3nc(-c4cc(Br)cs4)no3)c2C#N)C1. The fourth-order valence-corrected chi connectivity index (χ4v) is 6.34. The number of nitrogens with zero attached hydrogens (tertiary/aromatic N) is 3. The van der Waals surface area contributed by atoms with Crippen molar-refractivity contribution < 1.29 is 9.32 Å². The summed E-state index contributed by atoms with van der Waals surface area (Å²) in [5.41, 5.74) is 1.76. The zero-order chi connectivity index (χ0) is 21.3. The van der Waals surface area contributed by atoms with Crippen LogP contribution in [0, 0.1) is 23.2 Å². The van der Waals surface area contributed by atoms with Gasteiger partial charge in [0.1, 0.15) is 11.1 Å². The standard InChI is InChI=1S/C21H21BrN4O2S2/c1-11(2)12-3-4-14-15(9-23)21(30-16(14)7-12)24-18(27)5-6-19-25-20(26-28-19)17-8-13(22)10-29-17/h8,10-12H,3-7H2,1-2H3,(H,24,27). The lowest BCUT2D eigenvalue weighted by Gasteiger charge is -2.25. The molecule has 1 aliphatic carbocycles. The zero-order valence-electron chi connectivity index (χ0n) is 16.7. The minimum atomic E-state index is -0.149. The molecule has 0 aromatic carbocycles. The Balaban J connectivity index is 1.39. The summed E-state index contributed by atoms with van der Waals surface area (Å²) in [5.74, 6) is 2.07. The Morgan fingerprint density at radius 2 is 2.33 bits per heavy atom. The van der Waals surface area contributed by atoms with Crippen LogP contribution in [-0.4, -0.2) is 16.0 Å². The third-order valence-electron chi connectivity index (χ3n) is 5.43. The number of aryl methyl sites for hydroxylation is 1. The fourth-order valence-electron chi connectivity index (χ4n) is 3.68. The Morgan fingerprint density at radius 3 is 3.03 bits per heavy atom. The molecule has 0 spiro atoms. The zero-order valence-corrected chi connectivity index (χ0v) is 19.9. The molecule has 6 nitrogen and oxygen atoms in total. The summed E-state index contributed by atoms with van der Waals surface area (Å²) < 4.78 is 6.25. The van der Waals surface area contributed by atoms with Crippen LogP contribution in [0.4, 0.5) is 5.00 Å². The summed E-state index contributed by atoms with van der Waals surface area (Å²) in [6, 6.07) is 4.23. The van der Waals surface area contributed by atoms with Gasteiger partial charge in [0, 0.05) is 27.6 Å². The van der Waals surface area contributed by atoms with Crippen molar-refractivity contribution in [2.24, 2.45) is 11.8 Å². The largest absolute Gasteiger partial charge is 0.339 e. The molecule has 3 heterocycles. The maximum atomic E-state index is 12.5. The minimum Gasteiger partial charge on any atom is -0.339 e. The summed E-state index contributed by atoms with van der Waals surface area (Å²) >= 11 is 6.48. The molecule has 1 aliphatic rings. The van der Waals surface area contributed by atoms with Crippen LogP contribution in [0.5, 0.6) is 0 Å². The fraction of sp³-hybridized carbons (Fsp3) is 0.429. The van der Waals surface area contributed by atoms with E-state index in [-0.39, 0.29) is 12.3 Å².